The first-order valence-corrected chi connectivity index (χ1v) is 19.1. The van der Waals surface area contributed by atoms with Crippen LogP contribution in [0.5, 0.6) is 11.5 Å². The molecule has 0 aliphatic carbocycles. The predicted octanol–water partition coefficient (Wildman–Crippen LogP) is 13.5. The first kappa shape index (κ1) is 26.1. The molecule has 0 amide bonds. The SMILES string of the molecule is [2H]c1c([2H])c([2H])c(-c2cccc(-c3c([2H])c([2H])c([2H])c([2H])c3[2H])c2-[n+]2cn(-c3cccc(Oc4ccc5c6cc(Cl)ccc6n(-c6cc(C(C)(C)C)ccn6)c5c4)c3)c3ccccc32)c([2H])c1[2H]. The van der Waals surface area contributed by atoms with Crippen molar-refractivity contribution >= 4 is 44.4 Å². The van der Waals surface area contributed by atoms with Gasteiger partial charge in [-0.25, -0.2) is 4.98 Å². The lowest BCUT2D eigenvalue weighted by molar-refractivity contribution is -0.566. The van der Waals surface area contributed by atoms with Crippen molar-refractivity contribution in [2.75, 3.05) is 0 Å². The van der Waals surface area contributed by atoms with Gasteiger partial charge in [0.2, 0.25) is 0 Å². The summed E-state index contributed by atoms with van der Waals surface area (Å²) in [5.41, 5.74) is 5.21. The number of nitrogens with zero attached hydrogens (tertiary/aromatic N) is 4. The first-order valence-electron chi connectivity index (χ1n) is 23.7. The third-order valence-electron chi connectivity index (χ3n) is 10.3. The minimum atomic E-state index is -0.562. The Hall–Kier alpha value is -6.95. The molecule has 0 saturated carbocycles. The van der Waals surface area contributed by atoms with Gasteiger partial charge in [0, 0.05) is 45.3 Å². The summed E-state index contributed by atoms with van der Waals surface area (Å²) >= 11 is 6.54. The fourth-order valence-electron chi connectivity index (χ4n) is 7.59. The van der Waals surface area contributed by atoms with Gasteiger partial charge in [0.05, 0.1) is 24.7 Å². The Morgan fingerprint density at radius 1 is 0.638 bits per heavy atom. The highest BCUT2D eigenvalue weighted by Crippen LogP contribution is 2.38. The summed E-state index contributed by atoms with van der Waals surface area (Å²) in [6.45, 7) is 6.50. The smallest absolute Gasteiger partial charge is 0.255 e. The van der Waals surface area contributed by atoms with E-state index in [-0.39, 0.29) is 33.4 Å². The minimum absolute atomic E-state index is 0.107. The van der Waals surface area contributed by atoms with Crippen LogP contribution in [0.1, 0.15) is 40.0 Å². The lowest BCUT2D eigenvalue weighted by Crippen LogP contribution is -2.30. The average molecular weight is 782 g/mol. The summed E-state index contributed by atoms with van der Waals surface area (Å²) in [7, 11) is 0. The van der Waals surface area contributed by atoms with Crippen molar-refractivity contribution in [2.24, 2.45) is 0 Å². The molecule has 0 aliphatic rings. The van der Waals surface area contributed by atoms with Gasteiger partial charge in [-0.15, -0.1) is 0 Å². The third kappa shape index (κ3) is 6.30. The van der Waals surface area contributed by atoms with Gasteiger partial charge in [-0.05, 0) is 88.8 Å². The topological polar surface area (TPSA) is 35.9 Å². The van der Waals surface area contributed by atoms with Crippen molar-refractivity contribution in [2.45, 2.75) is 26.2 Å². The highest BCUT2D eigenvalue weighted by atomic mass is 35.5. The van der Waals surface area contributed by atoms with Gasteiger partial charge in [-0.3, -0.25) is 4.57 Å². The van der Waals surface area contributed by atoms with Crippen LogP contribution in [-0.4, -0.2) is 14.1 Å². The van der Waals surface area contributed by atoms with Crippen molar-refractivity contribution in [3.63, 3.8) is 0 Å². The summed E-state index contributed by atoms with van der Waals surface area (Å²) in [5, 5.41) is 2.56. The number of halogens is 1. The lowest BCUT2D eigenvalue weighted by atomic mass is 9.88. The highest BCUT2D eigenvalue weighted by Gasteiger charge is 2.25. The van der Waals surface area contributed by atoms with Crippen molar-refractivity contribution in [3.8, 4) is 50.9 Å². The zero-order chi connectivity index (χ0) is 48.1. The van der Waals surface area contributed by atoms with Crippen molar-refractivity contribution in [1.82, 2.24) is 14.1 Å². The van der Waals surface area contributed by atoms with Gasteiger partial charge >= 0.3 is 0 Å². The molecule has 0 aliphatic heterocycles. The maximum Gasteiger partial charge on any atom is 0.255 e. The summed E-state index contributed by atoms with van der Waals surface area (Å²) in [6, 6.07) is 30.5. The van der Waals surface area contributed by atoms with Crippen LogP contribution in [0.15, 0.2) is 188 Å². The summed E-state index contributed by atoms with van der Waals surface area (Å²) in [4.78, 5) is 4.81. The molecule has 3 heterocycles. The summed E-state index contributed by atoms with van der Waals surface area (Å²) < 4.78 is 99.3. The second-order valence-corrected chi connectivity index (χ2v) is 15.4. The molecule has 0 saturated heterocycles. The van der Waals surface area contributed by atoms with E-state index in [1.807, 2.05) is 102 Å². The van der Waals surface area contributed by atoms with E-state index >= 15 is 0 Å². The average Bonchev–Trinajstić information content (AvgIpc) is 3.87. The maximum absolute atomic E-state index is 9.00. The lowest BCUT2D eigenvalue weighted by Gasteiger charge is -2.20. The molecule has 7 aromatic carbocycles. The number of para-hydroxylation sites is 3. The van der Waals surface area contributed by atoms with Gasteiger partial charge in [0.1, 0.15) is 28.7 Å². The van der Waals surface area contributed by atoms with Crippen LogP contribution in [0.2, 0.25) is 5.02 Å². The fraction of sp³-hybridized carbons (Fsp3) is 0.0769. The van der Waals surface area contributed by atoms with Crippen LogP contribution in [0.25, 0.3) is 72.3 Å². The molecule has 6 heteroatoms. The second kappa shape index (κ2) is 14.2. The Bertz CT molecular complexity index is 3600. The standard InChI is InChI=1S/C52H40ClN4O/c1-52(2,3)37-28-29-54-50(30-37)57-46-27-24-38(53)31-45(46)44-26-25-41(33-49(44)57)58-40-19-12-18-39(32-40)55-34-56(48-23-11-10-22-47(48)55)51-42(35-14-6-4-7-15-35)20-13-21-43(51)36-16-8-5-9-17-36/h4-34H,1-3H3/q+1/i4D,5D,6D,7D,8D,9D,14D,15D,16D,17D. The highest BCUT2D eigenvalue weighted by molar-refractivity contribution is 6.32. The number of benzene rings is 7. The summed E-state index contributed by atoms with van der Waals surface area (Å²) in [5.74, 6) is 1.85. The molecule has 10 rings (SSSR count). The molecule has 5 nitrogen and oxygen atoms in total. The van der Waals surface area contributed by atoms with Gasteiger partial charge in [0.25, 0.3) is 6.33 Å². The van der Waals surface area contributed by atoms with Gasteiger partial charge in [0.15, 0.2) is 11.0 Å². The van der Waals surface area contributed by atoms with Crippen molar-refractivity contribution in [3.05, 3.63) is 199 Å². The number of hydrogen-bond acceptors (Lipinski definition) is 2. The van der Waals surface area contributed by atoms with Gasteiger partial charge in [-0.1, -0.05) is 129 Å². The zero-order valence-corrected chi connectivity index (χ0v) is 32.5. The van der Waals surface area contributed by atoms with Gasteiger partial charge < -0.3 is 4.74 Å². The van der Waals surface area contributed by atoms with Crippen LogP contribution in [0, 0.1) is 0 Å². The Morgan fingerprint density at radius 3 is 2.09 bits per heavy atom. The number of imidazole rings is 1. The number of rotatable bonds is 7. The first-order chi connectivity index (χ1) is 32.4. The molecule has 280 valence electrons. The summed E-state index contributed by atoms with van der Waals surface area (Å²) in [6.07, 6.45) is 3.60. The van der Waals surface area contributed by atoms with Crippen LogP contribution in [0.4, 0.5) is 0 Å². The minimum Gasteiger partial charge on any atom is -0.457 e. The largest absolute Gasteiger partial charge is 0.457 e. The van der Waals surface area contributed by atoms with Crippen LogP contribution in [-0.2, 0) is 5.41 Å². The second-order valence-electron chi connectivity index (χ2n) is 15.0. The van der Waals surface area contributed by atoms with E-state index in [2.05, 4.69) is 31.4 Å². The molecule has 3 aromatic heterocycles. The predicted molar refractivity (Wildman–Crippen MR) is 238 cm³/mol. The van der Waals surface area contributed by atoms with E-state index in [0.29, 0.717) is 33.2 Å². The quantitative estimate of drug-likeness (QED) is 0.151. The normalized spacial score (nSPS) is 14.2. The van der Waals surface area contributed by atoms with E-state index in [9.17, 15) is 0 Å². The van der Waals surface area contributed by atoms with Crippen LogP contribution in [0.3, 0.4) is 0 Å². The number of aromatic nitrogens is 4. The third-order valence-corrected chi connectivity index (χ3v) is 10.6. The molecule has 0 fully saturated rings. The maximum atomic E-state index is 9.00. The number of ether oxygens (including phenoxy) is 1. The molecule has 0 N–H and O–H groups in total. The molecule has 0 radical (unpaired) electrons. The monoisotopic (exact) mass is 781 g/mol. The van der Waals surface area contributed by atoms with E-state index in [1.54, 1.807) is 29.1 Å². The Labute approximate surface area is 356 Å². The number of fused-ring (bicyclic) bond motifs is 4. The Kier molecular flexibility index (Phi) is 6.39. The molecular formula is C52H40ClN4O+. The van der Waals surface area contributed by atoms with Crippen molar-refractivity contribution < 1.29 is 23.0 Å². The molecule has 58 heavy (non-hydrogen) atoms. The molecule has 10 aromatic rings. The van der Waals surface area contributed by atoms with E-state index in [1.165, 1.54) is 0 Å². The number of pyridine rings is 1. The van der Waals surface area contributed by atoms with Crippen molar-refractivity contribution in [1.29, 1.82) is 0 Å². The molecule has 0 unspecified atom stereocenters. The Balaban J connectivity index is 1.15. The van der Waals surface area contributed by atoms with E-state index in [0.717, 1.165) is 33.2 Å². The molecule has 0 spiro atoms. The van der Waals surface area contributed by atoms with Crippen LogP contribution >= 0.6 is 11.6 Å². The fourth-order valence-corrected chi connectivity index (χ4v) is 7.77. The zero-order valence-electron chi connectivity index (χ0n) is 41.7. The van der Waals surface area contributed by atoms with E-state index < -0.39 is 60.4 Å². The molecule has 0 atom stereocenters. The van der Waals surface area contributed by atoms with Crippen LogP contribution < -0.4 is 9.30 Å². The number of hydrogen-bond donors (Lipinski definition) is 0. The van der Waals surface area contributed by atoms with E-state index in [4.69, 9.17) is 35.0 Å². The molecular weight excluding hydrogens is 732 g/mol. The Morgan fingerprint density at radius 2 is 1.34 bits per heavy atom. The van der Waals surface area contributed by atoms with Gasteiger partial charge in [-0.2, -0.15) is 9.13 Å². The molecule has 0 bridgehead atoms.